The van der Waals surface area contributed by atoms with Gasteiger partial charge >= 0.3 is 0 Å². The Morgan fingerprint density at radius 1 is 1.29 bits per heavy atom. The maximum atomic E-state index is 13.0. The first-order chi connectivity index (χ1) is 11.5. The van der Waals surface area contributed by atoms with Crippen molar-refractivity contribution in [1.82, 2.24) is 4.90 Å². The van der Waals surface area contributed by atoms with E-state index < -0.39 is 0 Å². The molecule has 0 heterocycles. The third-order valence-electron chi connectivity index (χ3n) is 3.82. The summed E-state index contributed by atoms with van der Waals surface area (Å²) in [5.41, 5.74) is 0.569. The zero-order valence-corrected chi connectivity index (χ0v) is 15.9. The Hall–Kier alpha value is -1.42. The highest BCUT2D eigenvalue weighted by Crippen LogP contribution is 2.38. The summed E-state index contributed by atoms with van der Waals surface area (Å²) in [6.07, 6.45) is 3.05. The molecule has 1 amide bonds. The van der Waals surface area contributed by atoms with Gasteiger partial charge in [-0.3, -0.25) is 4.79 Å². The number of hydrogen-bond donors (Lipinski definition) is 0. The first-order valence-electron chi connectivity index (χ1n) is 8.88. The van der Waals surface area contributed by atoms with E-state index in [4.69, 9.17) is 21.1 Å². The molecule has 1 aromatic rings. The monoisotopic (exact) mass is 353 g/mol. The van der Waals surface area contributed by atoms with Crippen molar-refractivity contribution >= 4 is 17.5 Å². The molecule has 0 N–H and O–H groups in total. The Bertz CT molecular complexity index is 570. The molecule has 1 saturated carbocycles. The maximum Gasteiger partial charge on any atom is 0.254 e. The topological polar surface area (TPSA) is 38.8 Å². The van der Waals surface area contributed by atoms with Crippen LogP contribution in [0.3, 0.4) is 0 Å². The van der Waals surface area contributed by atoms with E-state index in [0.29, 0.717) is 47.3 Å². The lowest BCUT2D eigenvalue weighted by atomic mass is 10.1. The normalized spacial score (nSPS) is 13.9. The third-order valence-corrected chi connectivity index (χ3v) is 4.10. The number of amides is 1. The molecule has 0 radical (unpaired) electrons. The van der Waals surface area contributed by atoms with E-state index in [9.17, 15) is 4.79 Å². The molecule has 0 atom stereocenters. The summed E-state index contributed by atoms with van der Waals surface area (Å²) in [5.74, 6) is 1.53. The van der Waals surface area contributed by atoms with E-state index in [-0.39, 0.29) is 5.91 Å². The van der Waals surface area contributed by atoms with Gasteiger partial charge in [0.05, 0.1) is 18.2 Å². The van der Waals surface area contributed by atoms with E-state index in [1.165, 1.54) is 0 Å². The van der Waals surface area contributed by atoms with Crippen LogP contribution in [0.2, 0.25) is 5.02 Å². The lowest BCUT2D eigenvalue weighted by Crippen LogP contribution is -2.36. The molecule has 0 aromatic heterocycles. The fourth-order valence-corrected chi connectivity index (χ4v) is 2.91. The number of rotatable bonds is 9. The minimum Gasteiger partial charge on any atom is -0.490 e. The van der Waals surface area contributed by atoms with Crippen LogP contribution in [0.25, 0.3) is 0 Å². The van der Waals surface area contributed by atoms with Crippen LogP contribution in [0.1, 0.15) is 57.3 Å². The molecule has 24 heavy (non-hydrogen) atoms. The Balaban J connectivity index is 2.29. The molecule has 1 aliphatic rings. The summed E-state index contributed by atoms with van der Waals surface area (Å²) in [7, 11) is 0. The molecule has 5 heteroatoms. The number of carbonyl (C=O) groups is 1. The van der Waals surface area contributed by atoms with Gasteiger partial charge in [-0.2, -0.15) is 0 Å². The molecule has 2 rings (SSSR count). The van der Waals surface area contributed by atoms with Crippen molar-refractivity contribution in [3.05, 3.63) is 22.7 Å². The quantitative estimate of drug-likeness (QED) is 0.640. The van der Waals surface area contributed by atoms with E-state index in [1.54, 1.807) is 12.1 Å². The average Bonchev–Trinajstić information content (AvgIpc) is 3.36. The minimum atomic E-state index is 0.0242. The summed E-state index contributed by atoms with van der Waals surface area (Å²) < 4.78 is 11.4. The molecule has 0 spiro atoms. The van der Waals surface area contributed by atoms with Gasteiger partial charge in [-0.1, -0.05) is 32.4 Å². The molecule has 0 saturated heterocycles. The van der Waals surface area contributed by atoms with Crippen LogP contribution in [-0.4, -0.2) is 36.6 Å². The van der Waals surface area contributed by atoms with E-state index in [2.05, 4.69) is 13.8 Å². The van der Waals surface area contributed by atoms with Gasteiger partial charge in [0.1, 0.15) is 0 Å². The van der Waals surface area contributed by atoms with Crippen molar-refractivity contribution in [3.8, 4) is 11.5 Å². The van der Waals surface area contributed by atoms with Crippen molar-refractivity contribution in [3.63, 3.8) is 0 Å². The highest BCUT2D eigenvalue weighted by atomic mass is 35.5. The summed E-state index contributed by atoms with van der Waals surface area (Å²) >= 11 is 6.38. The Morgan fingerprint density at radius 3 is 2.54 bits per heavy atom. The standard InChI is InChI=1S/C19H28ClNO3/c1-5-9-24-18-16(20)10-14(11-17(18)23-6-2)19(22)21(12-13(3)4)15-7-8-15/h10-11,13,15H,5-9,12H2,1-4H3. The fraction of sp³-hybridized carbons (Fsp3) is 0.632. The van der Waals surface area contributed by atoms with Gasteiger partial charge in [0, 0.05) is 18.2 Å². The van der Waals surface area contributed by atoms with Gasteiger partial charge in [-0.15, -0.1) is 0 Å². The number of hydrogen-bond acceptors (Lipinski definition) is 3. The second-order valence-corrected chi connectivity index (χ2v) is 7.06. The number of benzene rings is 1. The van der Waals surface area contributed by atoms with Crippen molar-refractivity contribution < 1.29 is 14.3 Å². The molecule has 1 aromatic carbocycles. The summed E-state index contributed by atoms with van der Waals surface area (Å²) in [5, 5.41) is 0.429. The van der Waals surface area contributed by atoms with Gasteiger partial charge in [0.15, 0.2) is 11.5 Å². The van der Waals surface area contributed by atoms with Crippen LogP contribution in [0.4, 0.5) is 0 Å². The van der Waals surface area contributed by atoms with Crippen molar-refractivity contribution in [2.45, 2.75) is 53.0 Å². The first-order valence-corrected chi connectivity index (χ1v) is 9.25. The Labute approximate surface area is 150 Å². The zero-order chi connectivity index (χ0) is 17.7. The first kappa shape index (κ1) is 18.9. The van der Waals surface area contributed by atoms with Crippen molar-refractivity contribution in [2.75, 3.05) is 19.8 Å². The van der Waals surface area contributed by atoms with Crippen LogP contribution in [0, 0.1) is 5.92 Å². The zero-order valence-electron chi connectivity index (χ0n) is 15.1. The number of ether oxygens (including phenoxy) is 2. The van der Waals surface area contributed by atoms with E-state index in [1.807, 2.05) is 18.7 Å². The number of carbonyl (C=O) groups excluding carboxylic acids is 1. The molecule has 1 fully saturated rings. The van der Waals surface area contributed by atoms with Gasteiger partial charge in [-0.25, -0.2) is 0 Å². The molecule has 1 aliphatic carbocycles. The Morgan fingerprint density at radius 2 is 2.00 bits per heavy atom. The lowest BCUT2D eigenvalue weighted by molar-refractivity contribution is 0.0722. The van der Waals surface area contributed by atoms with E-state index in [0.717, 1.165) is 25.8 Å². The summed E-state index contributed by atoms with van der Waals surface area (Å²) in [6.45, 7) is 10.0. The second kappa shape index (κ2) is 8.61. The Kier molecular flexibility index (Phi) is 6.79. The van der Waals surface area contributed by atoms with E-state index >= 15 is 0 Å². The highest BCUT2D eigenvalue weighted by molar-refractivity contribution is 6.32. The van der Waals surface area contributed by atoms with Crippen LogP contribution < -0.4 is 9.47 Å². The third kappa shape index (κ3) is 4.79. The molecule has 0 bridgehead atoms. The van der Waals surface area contributed by atoms with Crippen LogP contribution in [-0.2, 0) is 0 Å². The molecular formula is C19H28ClNO3. The summed E-state index contributed by atoms with van der Waals surface area (Å²) in [6, 6.07) is 3.83. The van der Waals surface area contributed by atoms with Gasteiger partial charge in [0.2, 0.25) is 0 Å². The molecule has 134 valence electrons. The van der Waals surface area contributed by atoms with Gasteiger partial charge < -0.3 is 14.4 Å². The highest BCUT2D eigenvalue weighted by Gasteiger charge is 2.34. The molecule has 0 aliphatic heterocycles. The van der Waals surface area contributed by atoms with Gasteiger partial charge in [-0.05, 0) is 44.2 Å². The maximum absolute atomic E-state index is 13.0. The smallest absolute Gasteiger partial charge is 0.254 e. The van der Waals surface area contributed by atoms with Crippen LogP contribution >= 0.6 is 11.6 Å². The molecule has 4 nitrogen and oxygen atoms in total. The lowest BCUT2D eigenvalue weighted by Gasteiger charge is -2.25. The predicted molar refractivity (Wildman–Crippen MR) is 97.3 cm³/mol. The van der Waals surface area contributed by atoms with Crippen LogP contribution in [0.5, 0.6) is 11.5 Å². The second-order valence-electron chi connectivity index (χ2n) is 6.65. The fourth-order valence-electron chi connectivity index (χ4n) is 2.64. The minimum absolute atomic E-state index is 0.0242. The predicted octanol–water partition coefficient (Wildman–Crippen LogP) is 4.79. The number of nitrogens with zero attached hydrogens (tertiary/aromatic N) is 1. The number of halogens is 1. The largest absolute Gasteiger partial charge is 0.490 e. The average molecular weight is 354 g/mol. The summed E-state index contributed by atoms with van der Waals surface area (Å²) in [4.78, 5) is 14.9. The van der Waals surface area contributed by atoms with Crippen molar-refractivity contribution in [2.24, 2.45) is 5.92 Å². The van der Waals surface area contributed by atoms with Crippen LogP contribution in [0.15, 0.2) is 12.1 Å². The SMILES string of the molecule is CCCOc1c(Cl)cc(C(=O)N(CC(C)C)C2CC2)cc1OCC. The molecular weight excluding hydrogens is 326 g/mol. The molecule has 0 unspecified atom stereocenters. The van der Waals surface area contributed by atoms with Gasteiger partial charge in [0.25, 0.3) is 5.91 Å². The van der Waals surface area contributed by atoms with Crippen molar-refractivity contribution in [1.29, 1.82) is 0 Å².